The number of aryl methyl sites for hydroxylation is 1. The molecule has 1 N–H and O–H groups in total. The van der Waals surface area contributed by atoms with Crippen LogP contribution in [0.5, 0.6) is 0 Å². The van der Waals surface area contributed by atoms with E-state index in [-0.39, 0.29) is 0 Å². The molecular weight excluding hydrogens is 242 g/mol. The van der Waals surface area contributed by atoms with Gasteiger partial charge < -0.3 is 9.88 Å². The SMILES string of the molecule is CNC(c1ccccc1)C(C)Sc1nccn1C. The Bertz CT molecular complexity index is 481. The van der Waals surface area contributed by atoms with E-state index in [1.165, 1.54) is 5.56 Å². The molecule has 0 aliphatic rings. The predicted molar refractivity (Wildman–Crippen MR) is 76.8 cm³/mol. The van der Waals surface area contributed by atoms with E-state index in [0.717, 1.165) is 5.16 Å². The van der Waals surface area contributed by atoms with Gasteiger partial charge in [-0.25, -0.2) is 4.98 Å². The zero-order chi connectivity index (χ0) is 13.0. The first-order chi connectivity index (χ1) is 8.72. The summed E-state index contributed by atoms with van der Waals surface area (Å²) >= 11 is 1.79. The molecule has 0 saturated heterocycles. The van der Waals surface area contributed by atoms with Gasteiger partial charge in [-0.2, -0.15) is 0 Å². The summed E-state index contributed by atoms with van der Waals surface area (Å²) in [6.07, 6.45) is 3.82. The molecule has 0 radical (unpaired) electrons. The van der Waals surface area contributed by atoms with Gasteiger partial charge in [-0.3, -0.25) is 0 Å². The smallest absolute Gasteiger partial charge is 0.167 e. The monoisotopic (exact) mass is 261 g/mol. The molecule has 0 saturated carbocycles. The average Bonchev–Trinajstić information content (AvgIpc) is 2.77. The van der Waals surface area contributed by atoms with Gasteiger partial charge in [-0.1, -0.05) is 49.0 Å². The summed E-state index contributed by atoms with van der Waals surface area (Å²) in [7, 11) is 4.03. The molecular formula is C14H19N3S. The minimum Gasteiger partial charge on any atom is -0.329 e. The van der Waals surface area contributed by atoms with E-state index in [1.807, 2.05) is 32.6 Å². The number of hydrogen-bond acceptors (Lipinski definition) is 3. The van der Waals surface area contributed by atoms with Crippen molar-refractivity contribution in [3.63, 3.8) is 0 Å². The van der Waals surface area contributed by atoms with Gasteiger partial charge in [0, 0.05) is 30.7 Å². The molecule has 0 fully saturated rings. The Morgan fingerprint density at radius 3 is 2.56 bits per heavy atom. The van der Waals surface area contributed by atoms with Crippen molar-refractivity contribution in [2.45, 2.75) is 23.4 Å². The molecule has 18 heavy (non-hydrogen) atoms. The van der Waals surface area contributed by atoms with Crippen LogP contribution in [0.2, 0.25) is 0 Å². The van der Waals surface area contributed by atoms with Crippen LogP contribution in [0.15, 0.2) is 47.9 Å². The summed E-state index contributed by atoms with van der Waals surface area (Å²) in [6, 6.07) is 10.9. The predicted octanol–water partition coefficient (Wildman–Crippen LogP) is 2.86. The van der Waals surface area contributed by atoms with Crippen molar-refractivity contribution in [2.24, 2.45) is 7.05 Å². The lowest BCUT2D eigenvalue weighted by atomic mass is 10.0. The molecule has 2 rings (SSSR count). The standard InChI is InChI=1S/C14H19N3S/c1-11(18-14-16-9-10-17(14)3)13(15-2)12-7-5-4-6-8-12/h4-11,13,15H,1-3H3. The van der Waals surface area contributed by atoms with Gasteiger partial charge in [0.05, 0.1) is 0 Å². The quantitative estimate of drug-likeness (QED) is 0.839. The minimum absolute atomic E-state index is 0.327. The summed E-state index contributed by atoms with van der Waals surface area (Å²) < 4.78 is 2.05. The van der Waals surface area contributed by atoms with Crippen molar-refractivity contribution in [3.8, 4) is 0 Å². The lowest BCUT2D eigenvalue weighted by molar-refractivity contribution is 0.587. The number of aromatic nitrogens is 2. The summed E-state index contributed by atoms with van der Waals surface area (Å²) in [5.41, 5.74) is 1.31. The molecule has 4 heteroatoms. The van der Waals surface area contributed by atoms with Gasteiger partial charge in [0.15, 0.2) is 5.16 Å². The van der Waals surface area contributed by atoms with E-state index in [4.69, 9.17) is 0 Å². The first-order valence-electron chi connectivity index (χ1n) is 6.08. The average molecular weight is 261 g/mol. The topological polar surface area (TPSA) is 29.9 Å². The molecule has 2 unspecified atom stereocenters. The van der Waals surface area contributed by atoms with Crippen molar-refractivity contribution in [1.29, 1.82) is 0 Å². The van der Waals surface area contributed by atoms with Crippen molar-refractivity contribution in [1.82, 2.24) is 14.9 Å². The van der Waals surface area contributed by atoms with Crippen LogP contribution < -0.4 is 5.32 Å². The second-order valence-electron chi connectivity index (χ2n) is 4.32. The van der Waals surface area contributed by atoms with E-state index >= 15 is 0 Å². The Hall–Kier alpha value is -1.26. The number of nitrogens with one attached hydrogen (secondary N) is 1. The first-order valence-corrected chi connectivity index (χ1v) is 6.96. The maximum atomic E-state index is 4.36. The van der Waals surface area contributed by atoms with Crippen molar-refractivity contribution < 1.29 is 0 Å². The van der Waals surface area contributed by atoms with Gasteiger partial charge in [0.2, 0.25) is 0 Å². The molecule has 1 aromatic heterocycles. The fourth-order valence-corrected chi connectivity index (χ4v) is 3.14. The zero-order valence-electron chi connectivity index (χ0n) is 11.0. The molecule has 0 amide bonds. The van der Waals surface area contributed by atoms with Crippen LogP contribution in [0, 0.1) is 0 Å². The van der Waals surface area contributed by atoms with Gasteiger partial charge in [-0.05, 0) is 12.6 Å². The summed E-state index contributed by atoms with van der Waals surface area (Å²) in [6.45, 7) is 2.23. The van der Waals surface area contributed by atoms with Crippen LogP contribution in [0.25, 0.3) is 0 Å². The molecule has 1 heterocycles. The van der Waals surface area contributed by atoms with Gasteiger partial charge in [-0.15, -0.1) is 0 Å². The molecule has 1 aromatic carbocycles. The summed E-state index contributed by atoms with van der Waals surface area (Å²) in [4.78, 5) is 4.36. The van der Waals surface area contributed by atoms with Crippen molar-refractivity contribution >= 4 is 11.8 Å². The summed E-state index contributed by atoms with van der Waals surface area (Å²) in [5.74, 6) is 0. The largest absolute Gasteiger partial charge is 0.329 e. The second kappa shape index (κ2) is 6.07. The molecule has 0 aliphatic heterocycles. The maximum absolute atomic E-state index is 4.36. The first kappa shape index (κ1) is 13.2. The van der Waals surface area contributed by atoms with Crippen molar-refractivity contribution in [2.75, 3.05) is 7.05 Å². The van der Waals surface area contributed by atoms with Crippen LogP contribution in [0.4, 0.5) is 0 Å². The molecule has 96 valence electrons. The fraction of sp³-hybridized carbons (Fsp3) is 0.357. The van der Waals surface area contributed by atoms with Crippen LogP contribution in [0.1, 0.15) is 18.5 Å². The van der Waals surface area contributed by atoms with E-state index in [9.17, 15) is 0 Å². The van der Waals surface area contributed by atoms with Crippen molar-refractivity contribution in [3.05, 3.63) is 48.3 Å². The number of imidazole rings is 1. The van der Waals surface area contributed by atoms with E-state index in [1.54, 1.807) is 11.8 Å². The maximum Gasteiger partial charge on any atom is 0.167 e. The highest BCUT2D eigenvalue weighted by molar-refractivity contribution is 7.99. The number of hydrogen-bond donors (Lipinski definition) is 1. The molecule has 2 atom stereocenters. The fourth-order valence-electron chi connectivity index (χ4n) is 2.03. The van der Waals surface area contributed by atoms with Crippen LogP contribution in [0.3, 0.4) is 0 Å². The van der Waals surface area contributed by atoms with Gasteiger partial charge in [0.25, 0.3) is 0 Å². The Morgan fingerprint density at radius 1 is 1.28 bits per heavy atom. The number of nitrogens with zero attached hydrogens (tertiary/aromatic N) is 2. The summed E-state index contributed by atoms with van der Waals surface area (Å²) in [5, 5.41) is 4.86. The Balaban J connectivity index is 2.11. The molecule has 3 nitrogen and oxygen atoms in total. The molecule has 0 bridgehead atoms. The molecule has 2 aromatic rings. The lowest BCUT2D eigenvalue weighted by Gasteiger charge is -2.23. The zero-order valence-corrected chi connectivity index (χ0v) is 11.8. The number of thioether (sulfide) groups is 1. The number of benzene rings is 1. The third-order valence-electron chi connectivity index (χ3n) is 3.01. The van der Waals surface area contributed by atoms with Crippen LogP contribution in [-0.4, -0.2) is 21.8 Å². The van der Waals surface area contributed by atoms with E-state index < -0.39 is 0 Å². The Kier molecular flexibility index (Phi) is 4.44. The van der Waals surface area contributed by atoms with Gasteiger partial charge in [0.1, 0.15) is 0 Å². The third kappa shape index (κ3) is 2.94. The normalized spacial score (nSPS) is 14.4. The second-order valence-corrected chi connectivity index (χ2v) is 5.67. The minimum atomic E-state index is 0.327. The molecule has 0 aliphatic carbocycles. The lowest BCUT2D eigenvalue weighted by Crippen LogP contribution is -2.25. The van der Waals surface area contributed by atoms with Crippen LogP contribution >= 0.6 is 11.8 Å². The van der Waals surface area contributed by atoms with Gasteiger partial charge >= 0.3 is 0 Å². The highest BCUT2D eigenvalue weighted by atomic mass is 32.2. The number of rotatable bonds is 5. The molecule has 0 spiro atoms. The highest BCUT2D eigenvalue weighted by Crippen LogP contribution is 2.30. The van der Waals surface area contributed by atoms with E-state index in [0.29, 0.717) is 11.3 Å². The Morgan fingerprint density at radius 2 is 2.00 bits per heavy atom. The van der Waals surface area contributed by atoms with E-state index in [2.05, 4.69) is 46.1 Å². The van der Waals surface area contributed by atoms with Crippen LogP contribution in [-0.2, 0) is 7.05 Å². The highest BCUT2D eigenvalue weighted by Gasteiger charge is 2.19. The Labute approximate surface area is 113 Å². The third-order valence-corrected chi connectivity index (χ3v) is 4.26.